The van der Waals surface area contributed by atoms with E-state index in [0.29, 0.717) is 12.8 Å². The number of carboxylic acid groups (broad SMARTS) is 2. The minimum Gasteiger partial charge on any atom is -0.478 e. The highest BCUT2D eigenvalue weighted by Gasteiger charge is 2.40. The van der Waals surface area contributed by atoms with Crippen molar-refractivity contribution in [1.29, 1.82) is 0 Å². The summed E-state index contributed by atoms with van der Waals surface area (Å²) in [6, 6.07) is 0. The van der Waals surface area contributed by atoms with Gasteiger partial charge in [-0.05, 0) is 12.8 Å². The van der Waals surface area contributed by atoms with Crippen LogP contribution in [0.25, 0.3) is 0 Å². The van der Waals surface area contributed by atoms with Gasteiger partial charge in [-0.25, -0.2) is 9.59 Å². The maximum atomic E-state index is 12.3. The number of unbranched alkanes of at least 4 members (excludes halogenated alkanes) is 26. The molecule has 46 heavy (non-hydrogen) atoms. The Morgan fingerprint density at radius 1 is 0.370 bits per heavy atom. The van der Waals surface area contributed by atoms with Crippen molar-refractivity contribution in [1.82, 2.24) is 0 Å². The molecule has 0 amide bonds. The summed E-state index contributed by atoms with van der Waals surface area (Å²) in [5, 5.41) is 19.1. The van der Waals surface area contributed by atoms with Crippen molar-refractivity contribution in [2.45, 2.75) is 219 Å². The fraction of sp³-hybridized carbons (Fsp3) is 0.895. The summed E-state index contributed by atoms with van der Waals surface area (Å²) in [6.45, 7) is 4.47. The molecule has 0 rings (SSSR count). The first kappa shape index (κ1) is 43.9. The van der Waals surface area contributed by atoms with Gasteiger partial charge in [-0.15, -0.1) is 0 Å². The van der Waals surface area contributed by atoms with Gasteiger partial charge in [0.25, 0.3) is 0 Å². The fourth-order valence-electron chi connectivity index (χ4n) is 5.81. The van der Waals surface area contributed by atoms with Crippen molar-refractivity contribution >= 4 is 23.9 Å². The SMILES string of the molecule is CCCCCCCCCCCCCCCCC(=O)OC(C(=O)O)C(OC(=O)CCCCCCCCCCCCCCCC)C(=O)O. The second-order valence-corrected chi connectivity index (χ2v) is 13.2. The molecule has 2 atom stereocenters. The topological polar surface area (TPSA) is 127 Å². The number of carbonyl (C=O) groups is 4. The number of carbonyl (C=O) groups excluding carboxylic acids is 2. The van der Waals surface area contributed by atoms with Crippen molar-refractivity contribution in [3.8, 4) is 0 Å². The zero-order valence-corrected chi connectivity index (χ0v) is 29.7. The predicted molar refractivity (Wildman–Crippen MR) is 185 cm³/mol. The standard InChI is InChI=1S/C38H70O8/c1-3-5-7-9-11-13-15-17-19-21-23-25-27-29-31-33(39)45-35(37(41)42)36(38(43)44)46-34(40)32-30-28-26-24-22-20-18-16-14-12-10-8-6-4-2/h35-36H,3-32H2,1-2H3,(H,41,42)(H,43,44). The quantitative estimate of drug-likeness (QED) is 0.0510. The van der Waals surface area contributed by atoms with E-state index in [-0.39, 0.29) is 12.8 Å². The molecule has 0 aromatic heterocycles. The van der Waals surface area contributed by atoms with Gasteiger partial charge in [0.15, 0.2) is 0 Å². The zero-order valence-electron chi connectivity index (χ0n) is 29.7. The smallest absolute Gasteiger partial charge is 0.349 e. The van der Waals surface area contributed by atoms with Gasteiger partial charge in [0, 0.05) is 12.8 Å². The Labute approximate surface area is 281 Å². The van der Waals surface area contributed by atoms with Gasteiger partial charge in [-0.1, -0.05) is 181 Å². The molecule has 0 aromatic carbocycles. The number of rotatable bonds is 35. The van der Waals surface area contributed by atoms with Crippen LogP contribution >= 0.6 is 0 Å². The summed E-state index contributed by atoms with van der Waals surface area (Å²) < 4.78 is 9.96. The van der Waals surface area contributed by atoms with Gasteiger partial charge in [0.2, 0.25) is 12.2 Å². The lowest BCUT2D eigenvalue weighted by Crippen LogP contribution is -2.45. The maximum absolute atomic E-state index is 12.3. The van der Waals surface area contributed by atoms with E-state index < -0.39 is 36.1 Å². The van der Waals surface area contributed by atoms with Gasteiger partial charge < -0.3 is 19.7 Å². The number of hydrogen-bond donors (Lipinski definition) is 2. The van der Waals surface area contributed by atoms with Crippen LogP contribution in [0.3, 0.4) is 0 Å². The molecular weight excluding hydrogens is 584 g/mol. The molecule has 0 bridgehead atoms. The van der Waals surface area contributed by atoms with Crippen LogP contribution in [-0.4, -0.2) is 46.3 Å². The largest absolute Gasteiger partial charge is 0.478 e. The third-order valence-electron chi connectivity index (χ3n) is 8.75. The average Bonchev–Trinajstić information content (AvgIpc) is 3.02. The summed E-state index contributed by atoms with van der Waals surface area (Å²) in [4.78, 5) is 48.0. The number of hydrogen-bond acceptors (Lipinski definition) is 6. The van der Waals surface area contributed by atoms with Crippen molar-refractivity contribution in [3.05, 3.63) is 0 Å². The highest BCUT2D eigenvalue weighted by Crippen LogP contribution is 2.16. The lowest BCUT2D eigenvalue weighted by Gasteiger charge is -2.21. The third kappa shape index (κ3) is 28.1. The maximum Gasteiger partial charge on any atom is 0.349 e. The first-order chi connectivity index (χ1) is 22.3. The van der Waals surface area contributed by atoms with Crippen LogP contribution in [0, 0.1) is 0 Å². The molecule has 0 aromatic rings. The van der Waals surface area contributed by atoms with E-state index in [1.165, 1.54) is 128 Å². The molecule has 0 saturated carbocycles. The molecule has 8 heteroatoms. The number of esters is 2. The van der Waals surface area contributed by atoms with Crippen LogP contribution in [0.1, 0.15) is 206 Å². The van der Waals surface area contributed by atoms with E-state index in [2.05, 4.69) is 13.8 Å². The van der Waals surface area contributed by atoms with Crippen LogP contribution < -0.4 is 0 Å². The van der Waals surface area contributed by atoms with Crippen molar-refractivity contribution in [3.63, 3.8) is 0 Å². The van der Waals surface area contributed by atoms with E-state index in [4.69, 9.17) is 9.47 Å². The normalized spacial score (nSPS) is 12.5. The summed E-state index contributed by atoms with van der Waals surface area (Å²) in [6.07, 6.45) is 28.7. The predicted octanol–water partition coefficient (Wildman–Crippen LogP) is 10.7. The highest BCUT2D eigenvalue weighted by molar-refractivity contribution is 5.87. The molecule has 0 aliphatic heterocycles. The number of ether oxygens (including phenoxy) is 2. The minimum absolute atomic E-state index is 0.00113. The molecule has 270 valence electrons. The van der Waals surface area contributed by atoms with Crippen molar-refractivity contribution in [2.24, 2.45) is 0 Å². The zero-order chi connectivity index (χ0) is 34.1. The first-order valence-corrected chi connectivity index (χ1v) is 19.2. The van der Waals surface area contributed by atoms with Crippen LogP contribution in [0.4, 0.5) is 0 Å². The molecule has 2 unspecified atom stereocenters. The van der Waals surface area contributed by atoms with Gasteiger partial charge in [0.05, 0.1) is 0 Å². The Hall–Kier alpha value is -2.12. The Bertz CT molecular complexity index is 691. The van der Waals surface area contributed by atoms with Gasteiger partial charge >= 0.3 is 23.9 Å². The van der Waals surface area contributed by atoms with E-state index >= 15 is 0 Å². The lowest BCUT2D eigenvalue weighted by molar-refractivity contribution is -0.187. The molecule has 0 saturated heterocycles. The molecule has 2 N–H and O–H groups in total. The second-order valence-electron chi connectivity index (χ2n) is 13.2. The lowest BCUT2D eigenvalue weighted by atomic mass is 10.0. The Morgan fingerprint density at radius 3 is 0.761 bits per heavy atom. The van der Waals surface area contributed by atoms with Gasteiger partial charge in [0.1, 0.15) is 0 Å². The van der Waals surface area contributed by atoms with Gasteiger partial charge in [-0.3, -0.25) is 9.59 Å². The Kier molecular flexibility index (Phi) is 31.3. The molecule has 0 heterocycles. The second kappa shape index (κ2) is 32.8. The summed E-state index contributed by atoms with van der Waals surface area (Å²) in [5.74, 6) is -4.88. The monoisotopic (exact) mass is 655 g/mol. The first-order valence-electron chi connectivity index (χ1n) is 19.2. The molecule has 0 fully saturated rings. The summed E-state index contributed by atoms with van der Waals surface area (Å²) in [5.41, 5.74) is 0. The van der Waals surface area contributed by atoms with Crippen LogP contribution in [0.5, 0.6) is 0 Å². The minimum atomic E-state index is -2.07. The van der Waals surface area contributed by atoms with E-state index in [9.17, 15) is 29.4 Å². The van der Waals surface area contributed by atoms with Gasteiger partial charge in [-0.2, -0.15) is 0 Å². The molecule has 0 aliphatic carbocycles. The average molecular weight is 655 g/mol. The highest BCUT2D eigenvalue weighted by atomic mass is 16.6. The van der Waals surface area contributed by atoms with Crippen molar-refractivity contribution < 1.29 is 38.9 Å². The Balaban J connectivity index is 4.03. The third-order valence-corrected chi connectivity index (χ3v) is 8.75. The van der Waals surface area contributed by atoms with E-state index in [0.717, 1.165) is 38.5 Å². The Morgan fingerprint density at radius 2 is 0.565 bits per heavy atom. The summed E-state index contributed by atoms with van der Waals surface area (Å²) >= 11 is 0. The molecule has 8 nitrogen and oxygen atoms in total. The number of aliphatic carboxylic acids is 2. The van der Waals surface area contributed by atoms with Crippen LogP contribution in [0.15, 0.2) is 0 Å². The summed E-state index contributed by atoms with van der Waals surface area (Å²) in [7, 11) is 0. The van der Waals surface area contributed by atoms with E-state index in [1.807, 2.05) is 0 Å². The number of carboxylic acids is 2. The van der Waals surface area contributed by atoms with Crippen molar-refractivity contribution in [2.75, 3.05) is 0 Å². The molecule has 0 spiro atoms. The molecule has 0 aliphatic rings. The van der Waals surface area contributed by atoms with Crippen LogP contribution in [0.2, 0.25) is 0 Å². The van der Waals surface area contributed by atoms with Crippen LogP contribution in [-0.2, 0) is 28.7 Å². The molecule has 0 radical (unpaired) electrons. The van der Waals surface area contributed by atoms with E-state index in [1.54, 1.807) is 0 Å². The molecular formula is C38H70O8. The fourth-order valence-corrected chi connectivity index (χ4v) is 5.81.